The topological polar surface area (TPSA) is 38.0 Å². The van der Waals surface area contributed by atoms with Crippen LogP contribution in [0.3, 0.4) is 0 Å². The zero-order valence-electron chi connectivity index (χ0n) is 8.09. The zero-order valence-corrected chi connectivity index (χ0v) is 8.85. The average Bonchev–Trinajstić information content (AvgIpc) is 2.59. The molecule has 1 aliphatic rings. The largest absolute Gasteiger partial charge is 0.384 e. The summed E-state index contributed by atoms with van der Waals surface area (Å²) in [5, 5.41) is 4.26. The summed E-state index contributed by atoms with van der Waals surface area (Å²) in [6, 6.07) is 6.03. The highest BCUT2D eigenvalue weighted by molar-refractivity contribution is 6.31. The lowest BCUT2D eigenvalue weighted by Gasteiger charge is -2.10. The lowest BCUT2D eigenvalue weighted by molar-refractivity contribution is 0.638. The normalized spacial score (nSPS) is 19.1. The average molecular weight is 211 g/mol. The molecule has 0 spiro atoms. The Kier molecular flexibility index (Phi) is 2.94. The number of rotatable bonds is 3. The molecule has 0 saturated heterocycles. The molecule has 1 aromatic carbocycles. The number of anilines is 1. The Bertz CT molecular complexity index is 325. The third-order valence-electron chi connectivity index (χ3n) is 2.76. The van der Waals surface area contributed by atoms with Gasteiger partial charge in [0.15, 0.2) is 0 Å². The minimum atomic E-state index is 0.544. The van der Waals surface area contributed by atoms with Gasteiger partial charge in [0.1, 0.15) is 0 Å². The predicted molar refractivity (Wildman–Crippen MR) is 61.0 cm³/mol. The van der Waals surface area contributed by atoms with Gasteiger partial charge in [-0.15, -0.1) is 0 Å². The van der Waals surface area contributed by atoms with Gasteiger partial charge >= 0.3 is 0 Å². The van der Waals surface area contributed by atoms with Crippen LogP contribution in [0.25, 0.3) is 0 Å². The van der Waals surface area contributed by atoms with Crippen molar-refractivity contribution in [3.63, 3.8) is 0 Å². The number of benzene rings is 1. The number of fused-ring (bicyclic) bond motifs is 1. The number of nitrogens with one attached hydrogen (secondary N) is 1. The Labute approximate surface area is 89.4 Å². The van der Waals surface area contributed by atoms with Crippen molar-refractivity contribution in [1.29, 1.82) is 0 Å². The molecule has 0 amide bonds. The minimum Gasteiger partial charge on any atom is -0.384 e. The third-order valence-corrected chi connectivity index (χ3v) is 3.09. The quantitative estimate of drug-likeness (QED) is 0.805. The van der Waals surface area contributed by atoms with Crippen molar-refractivity contribution in [3.8, 4) is 0 Å². The van der Waals surface area contributed by atoms with E-state index in [2.05, 4.69) is 11.4 Å². The molecule has 2 rings (SSSR count). The summed E-state index contributed by atoms with van der Waals surface area (Å²) in [6.07, 6.45) is 2.19. The Balaban J connectivity index is 2.20. The fraction of sp³-hybridized carbons (Fsp3) is 0.455. The highest BCUT2D eigenvalue weighted by Crippen LogP contribution is 2.38. The Morgan fingerprint density at radius 3 is 3.14 bits per heavy atom. The van der Waals surface area contributed by atoms with Gasteiger partial charge in [-0.05, 0) is 37.1 Å². The molecular formula is C11H15ClN2. The van der Waals surface area contributed by atoms with Gasteiger partial charge in [0.05, 0.1) is 0 Å². The zero-order chi connectivity index (χ0) is 9.97. The SMILES string of the molecule is NCCCC1CNc2cccc(Cl)c21. The van der Waals surface area contributed by atoms with Gasteiger partial charge in [0.2, 0.25) is 0 Å². The summed E-state index contributed by atoms with van der Waals surface area (Å²) >= 11 is 6.17. The maximum absolute atomic E-state index is 6.17. The summed E-state index contributed by atoms with van der Waals surface area (Å²) in [5.41, 5.74) is 7.99. The highest BCUT2D eigenvalue weighted by atomic mass is 35.5. The Hall–Kier alpha value is -0.730. The van der Waals surface area contributed by atoms with Gasteiger partial charge in [-0.3, -0.25) is 0 Å². The van der Waals surface area contributed by atoms with E-state index in [1.807, 2.05) is 12.1 Å². The molecule has 1 atom stereocenters. The van der Waals surface area contributed by atoms with Gasteiger partial charge in [-0.1, -0.05) is 17.7 Å². The summed E-state index contributed by atoms with van der Waals surface area (Å²) in [7, 11) is 0. The van der Waals surface area contributed by atoms with Crippen molar-refractivity contribution < 1.29 is 0 Å². The van der Waals surface area contributed by atoms with Gasteiger partial charge in [-0.2, -0.15) is 0 Å². The van der Waals surface area contributed by atoms with Crippen LogP contribution >= 0.6 is 11.6 Å². The van der Waals surface area contributed by atoms with Crippen LogP contribution in [0.5, 0.6) is 0 Å². The van der Waals surface area contributed by atoms with Crippen molar-refractivity contribution in [2.45, 2.75) is 18.8 Å². The number of nitrogens with two attached hydrogens (primary N) is 1. The Morgan fingerprint density at radius 2 is 2.36 bits per heavy atom. The van der Waals surface area contributed by atoms with Gasteiger partial charge in [0.25, 0.3) is 0 Å². The number of hydrogen-bond acceptors (Lipinski definition) is 2. The van der Waals surface area contributed by atoms with E-state index in [4.69, 9.17) is 17.3 Å². The van der Waals surface area contributed by atoms with Crippen LogP contribution in [-0.2, 0) is 0 Å². The second kappa shape index (κ2) is 4.20. The molecule has 1 aromatic rings. The van der Waals surface area contributed by atoms with E-state index < -0.39 is 0 Å². The van der Waals surface area contributed by atoms with Crippen molar-refractivity contribution >= 4 is 17.3 Å². The van der Waals surface area contributed by atoms with E-state index in [0.717, 1.165) is 31.0 Å². The maximum atomic E-state index is 6.17. The second-order valence-electron chi connectivity index (χ2n) is 3.71. The van der Waals surface area contributed by atoms with Crippen LogP contribution in [0.4, 0.5) is 5.69 Å². The lowest BCUT2D eigenvalue weighted by Crippen LogP contribution is -2.06. The summed E-state index contributed by atoms with van der Waals surface area (Å²) < 4.78 is 0. The standard InChI is InChI=1S/C11H15ClN2/c12-9-4-1-5-10-11(9)8(7-14-10)3-2-6-13/h1,4-5,8,14H,2-3,6-7,13H2. The van der Waals surface area contributed by atoms with Crippen LogP contribution in [-0.4, -0.2) is 13.1 Å². The molecule has 0 aliphatic carbocycles. The first-order valence-corrected chi connectivity index (χ1v) is 5.43. The first-order chi connectivity index (χ1) is 6.83. The fourth-order valence-electron chi connectivity index (χ4n) is 2.05. The molecule has 0 aromatic heterocycles. The molecule has 2 nitrogen and oxygen atoms in total. The minimum absolute atomic E-state index is 0.544. The molecule has 3 N–H and O–H groups in total. The molecule has 1 unspecified atom stereocenters. The maximum Gasteiger partial charge on any atom is 0.0462 e. The van der Waals surface area contributed by atoms with Crippen LogP contribution in [0.2, 0.25) is 5.02 Å². The fourth-order valence-corrected chi connectivity index (χ4v) is 2.38. The smallest absolute Gasteiger partial charge is 0.0462 e. The van der Waals surface area contributed by atoms with Crippen LogP contribution in [0, 0.1) is 0 Å². The third kappa shape index (κ3) is 1.72. The summed E-state index contributed by atoms with van der Waals surface area (Å²) in [5.74, 6) is 0.544. The van der Waals surface area contributed by atoms with E-state index in [-0.39, 0.29) is 0 Å². The molecule has 1 heterocycles. The molecular weight excluding hydrogens is 196 g/mol. The molecule has 1 aliphatic heterocycles. The van der Waals surface area contributed by atoms with Crippen molar-refractivity contribution in [1.82, 2.24) is 0 Å². The summed E-state index contributed by atoms with van der Waals surface area (Å²) in [6.45, 7) is 1.76. The van der Waals surface area contributed by atoms with E-state index in [1.54, 1.807) is 0 Å². The first-order valence-electron chi connectivity index (χ1n) is 5.05. The van der Waals surface area contributed by atoms with Gasteiger partial charge < -0.3 is 11.1 Å². The molecule has 76 valence electrons. The molecule has 0 radical (unpaired) electrons. The summed E-state index contributed by atoms with van der Waals surface area (Å²) in [4.78, 5) is 0. The van der Waals surface area contributed by atoms with Crippen molar-refractivity contribution in [2.24, 2.45) is 5.73 Å². The van der Waals surface area contributed by atoms with Crippen molar-refractivity contribution in [3.05, 3.63) is 28.8 Å². The molecule has 0 saturated carbocycles. The van der Waals surface area contributed by atoms with E-state index in [0.29, 0.717) is 5.92 Å². The Morgan fingerprint density at radius 1 is 1.50 bits per heavy atom. The molecule has 0 bridgehead atoms. The van der Waals surface area contributed by atoms with Gasteiger partial charge in [-0.25, -0.2) is 0 Å². The van der Waals surface area contributed by atoms with Gasteiger partial charge in [0, 0.05) is 23.2 Å². The van der Waals surface area contributed by atoms with Crippen LogP contribution in [0.1, 0.15) is 24.3 Å². The monoisotopic (exact) mass is 210 g/mol. The molecule has 0 fully saturated rings. The van der Waals surface area contributed by atoms with E-state index in [1.165, 1.54) is 11.3 Å². The number of hydrogen-bond donors (Lipinski definition) is 2. The van der Waals surface area contributed by atoms with Crippen LogP contribution < -0.4 is 11.1 Å². The first kappa shape index (κ1) is 9.81. The highest BCUT2D eigenvalue weighted by Gasteiger charge is 2.23. The lowest BCUT2D eigenvalue weighted by atomic mass is 9.96. The molecule has 3 heteroatoms. The molecule has 14 heavy (non-hydrogen) atoms. The second-order valence-corrected chi connectivity index (χ2v) is 4.12. The predicted octanol–water partition coefficient (Wildman–Crippen LogP) is 2.59. The number of halogens is 1. The van der Waals surface area contributed by atoms with Crippen LogP contribution in [0.15, 0.2) is 18.2 Å². The van der Waals surface area contributed by atoms with E-state index >= 15 is 0 Å². The van der Waals surface area contributed by atoms with Crippen molar-refractivity contribution in [2.75, 3.05) is 18.4 Å². The van der Waals surface area contributed by atoms with E-state index in [9.17, 15) is 0 Å².